The molecule has 1 amide bonds. The van der Waals surface area contributed by atoms with E-state index in [0.717, 1.165) is 50.6 Å². The number of aryl methyl sites for hydroxylation is 2. The van der Waals surface area contributed by atoms with E-state index in [4.69, 9.17) is 23.7 Å². The average Bonchev–Trinajstić information content (AvgIpc) is 3.33. The summed E-state index contributed by atoms with van der Waals surface area (Å²) >= 11 is 0. The minimum absolute atomic E-state index is 0.0517. The zero-order valence-electron chi connectivity index (χ0n) is 25.7. The Balaban J connectivity index is 1.20. The Morgan fingerprint density at radius 1 is 1.02 bits per heavy atom. The third-order valence-corrected chi connectivity index (χ3v) is 7.59. The molecule has 0 aliphatic carbocycles. The Morgan fingerprint density at radius 2 is 1.77 bits per heavy atom. The summed E-state index contributed by atoms with van der Waals surface area (Å²) in [4.78, 5) is 24.9. The molecule has 3 aromatic rings. The normalized spacial score (nSPS) is 16.0. The first-order valence-corrected chi connectivity index (χ1v) is 14.6. The van der Waals surface area contributed by atoms with E-state index in [1.54, 1.807) is 4.90 Å². The van der Waals surface area contributed by atoms with Gasteiger partial charge in [-0.15, -0.1) is 0 Å². The summed E-state index contributed by atoms with van der Waals surface area (Å²) in [6.45, 7) is 11.7. The molecule has 1 saturated heterocycles. The van der Waals surface area contributed by atoms with Gasteiger partial charge in [0.1, 0.15) is 35.6 Å². The van der Waals surface area contributed by atoms with Crippen molar-refractivity contribution in [3.63, 3.8) is 0 Å². The first-order valence-electron chi connectivity index (χ1n) is 14.6. The molecule has 0 unspecified atom stereocenters. The van der Waals surface area contributed by atoms with Crippen LogP contribution in [0.2, 0.25) is 0 Å². The first kappa shape index (κ1) is 30.1. The summed E-state index contributed by atoms with van der Waals surface area (Å²) in [5.41, 5.74) is 6.08. The molecule has 5 rings (SSSR count). The molecule has 226 valence electrons. The zero-order chi connectivity index (χ0) is 30.7. The van der Waals surface area contributed by atoms with Crippen molar-refractivity contribution in [1.82, 2.24) is 4.90 Å². The molecule has 43 heavy (non-hydrogen) atoms. The lowest BCUT2D eigenvalue weighted by Gasteiger charge is -2.39. The topological polar surface area (TPSA) is 83.5 Å². The van der Waals surface area contributed by atoms with Crippen molar-refractivity contribution in [2.45, 2.75) is 65.3 Å². The van der Waals surface area contributed by atoms with Crippen molar-refractivity contribution in [3.8, 4) is 28.4 Å². The maximum atomic E-state index is 12.2. The summed E-state index contributed by atoms with van der Waals surface area (Å²) in [6.07, 6.45) is 0.102. The van der Waals surface area contributed by atoms with Crippen LogP contribution in [-0.2, 0) is 20.9 Å². The van der Waals surface area contributed by atoms with Crippen LogP contribution in [0.4, 0.5) is 4.79 Å². The highest BCUT2D eigenvalue weighted by Gasteiger charge is 2.35. The van der Waals surface area contributed by atoms with Crippen molar-refractivity contribution in [3.05, 3.63) is 82.6 Å². The van der Waals surface area contributed by atoms with E-state index < -0.39 is 5.60 Å². The van der Waals surface area contributed by atoms with Gasteiger partial charge in [0.25, 0.3) is 0 Å². The number of rotatable bonds is 9. The molecule has 2 heterocycles. The lowest BCUT2D eigenvalue weighted by molar-refractivity contribution is -0.0221. The van der Waals surface area contributed by atoms with Gasteiger partial charge in [-0.05, 0) is 86.7 Å². The first-order chi connectivity index (χ1) is 20.5. The molecule has 0 bridgehead atoms. The molecule has 2 aliphatic heterocycles. The second-order valence-corrected chi connectivity index (χ2v) is 12.2. The molecule has 1 fully saturated rings. The fourth-order valence-electron chi connectivity index (χ4n) is 5.52. The van der Waals surface area contributed by atoms with Gasteiger partial charge < -0.3 is 28.6 Å². The quantitative estimate of drug-likeness (QED) is 0.202. The second-order valence-electron chi connectivity index (χ2n) is 12.2. The minimum atomic E-state index is -0.510. The van der Waals surface area contributed by atoms with E-state index in [9.17, 15) is 9.59 Å². The lowest BCUT2D eigenvalue weighted by atomic mass is 9.94. The molecule has 0 radical (unpaired) electrons. The van der Waals surface area contributed by atoms with Crippen LogP contribution in [0.15, 0.2) is 60.4 Å². The predicted molar refractivity (Wildman–Crippen MR) is 163 cm³/mol. The summed E-state index contributed by atoms with van der Waals surface area (Å²) < 4.78 is 28.7. The van der Waals surface area contributed by atoms with Crippen molar-refractivity contribution in [2.75, 3.05) is 26.8 Å². The van der Waals surface area contributed by atoms with Crippen molar-refractivity contribution >= 4 is 12.0 Å². The van der Waals surface area contributed by atoms with E-state index in [1.165, 1.54) is 7.11 Å². The van der Waals surface area contributed by atoms with Gasteiger partial charge in [0.15, 0.2) is 11.7 Å². The highest BCUT2D eigenvalue weighted by atomic mass is 16.6. The number of ether oxygens (including phenoxy) is 5. The number of allylic oxidation sites excluding steroid dienone is 1. The van der Waals surface area contributed by atoms with Crippen molar-refractivity contribution in [1.29, 1.82) is 0 Å². The highest BCUT2D eigenvalue weighted by molar-refractivity contribution is 5.72. The summed E-state index contributed by atoms with van der Waals surface area (Å²) in [5, 5.41) is 0. The molecule has 8 nitrogen and oxygen atoms in total. The van der Waals surface area contributed by atoms with Gasteiger partial charge in [0, 0.05) is 24.0 Å². The Kier molecular flexibility index (Phi) is 8.69. The van der Waals surface area contributed by atoms with Crippen LogP contribution in [0.5, 0.6) is 17.2 Å². The number of likely N-dealkylation sites (tertiary alicyclic amines) is 1. The van der Waals surface area contributed by atoms with Crippen LogP contribution in [0.25, 0.3) is 11.1 Å². The Hall–Kier alpha value is -4.42. The molecular weight excluding hydrogens is 546 g/mol. The second kappa shape index (κ2) is 12.4. The smallest absolute Gasteiger partial charge is 0.410 e. The lowest BCUT2D eigenvalue weighted by Crippen LogP contribution is -2.57. The number of hydrogen-bond donors (Lipinski definition) is 0. The van der Waals surface area contributed by atoms with Gasteiger partial charge in [-0.25, -0.2) is 9.59 Å². The zero-order valence-corrected chi connectivity index (χ0v) is 25.7. The van der Waals surface area contributed by atoms with Crippen LogP contribution in [0.3, 0.4) is 0 Å². The summed E-state index contributed by atoms with van der Waals surface area (Å²) in [6, 6.07) is 18.3. The van der Waals surface area contributed by atoms with Crippen LogP contribution in [0.1, 0.15) is 55.4 Å². The number of benzene rings is 3. The molecule has 1 atom stereocenters. The largest absolute Gasteiger partial charge is 0.492 e. The highest BCUT2D eigenvalue weighted by Crippen LogP contribution is 2.40. The number of carbonyl (C=O) groups is 1. The predicted octanol–water partition coefficient (Wildman–Crippen LogP) is 6.78. The number of methoxy groups -OCH3 is 1. The van der Waals surface area contributed by atoms with Gasteiger partial charge in [-0.3, -0.25) is 0 Å². The van der Waals surface area contributed by atoms with Crippen LogP contribution in [-0.4, -0.2) is 55.4 Å². The molecule has 8 heteroatoms. The third-order valence-electron chi connectivity index (χ3n) is 7.59. The summed E-state index contributed by atoms with van der Waals surface area (Å²) in [7, 11) is 1.48. The van der Waals surface area contributed by atoms with Crippen molar-refractivity contribution < 1.29 is 33.3 Å². The Labute approximate surface area is 253 Å². The van der Waals surface area contributed by atoms with Crippen LogP contribution < -0.4 is 14.2 Å². The fraction of sp³-hybridized carbons (Fsp3) is 0.400. The summed E-state index contributed by atoms with van der Waals surface area (Å²) in [5.74, 6) is 4.49. The molecule has 0 spiro atoms. The Morgan fingerprint density at radius 3 is 2.44 bits per heavy atom. The molecular formula is C35H39NO7. The average molecular weight is 586 g/mol. The van der Waals surface area contributed by atoms with Gasteiger partial charge in [0.2, 0.25) is 0 Å². The standard InChI is InChI=1S/C35H39NO7/c1-22-12-28(42-30-17-36(18-30)34(38)43-35(3,4)5)13-23(2)33(22)25-9-7-8-24(14-25)20-40-27-10-11-31-26(15-29(19-37)39-6)21-41-32(31)16-27/h7-14,16,26,30H,15,17-18,20-21H2,1-6H3/t26-/m1/s1. The van der Waals surface area contributed by atoms with Gasteiger partial charge in [0.05, 0.1) is 26.8 Å². The van der Waals surface area contributed by atoms with E-state index in [2.05, 4.69) is 44.2 Å². The molecule has 0 saturated carbocycles. The van der Waals surface area contributed by atoms with E-state index in [-0.39, 0.29) is 18.1 Å². The number of amides is 1. The fourth-order valence-corrected chi connectivity index (χ4v) is 5.52. The molecule has 2 aliphatic rings. The minimum Gasteiger partial charge on any atom is -0.492 e. The third kappa shape index (κ3) is 7.15. The van der Waals surface area contributed by atoms with Crippen LogP contribution >= 0.6 is 0 Å². The monoisotopic (exact) mass is 585 g/mol. The molecule has 3 aromatic carbocycles. The van der Waals surface area contributed by atoms with Crippen LogP contribution in [0, 0.1) is 13.8 Å². The van der Waals surface area contributed by atoms with Gasteiger partial charge >= 0.3 is 6.09 Å². The van der Waals surface area contributed by atoms with E-state index >= 15 is 0 Å². The maximum Gasteiger partial charge on any atom is 0.410 e. The Bertz CT molecular complexity index is 1520. The SMILES string of the molecule is COC(=C=O)C[C@@H]1COc2cc(OCc3cccc(-c4c(C)cc(OC5CN(C(=O)OC(C)(C)C)C5)cc4C)c3)ccc21. The van der Waals surface area contributed by atoms with Gasteiger partial charge in [-0.1, -0.05) is 24.3 Å². The number of hydrogen-bond acceptors (Lipinski definition) is 7. The van der Waals surface area contributed by atoms with Crippen molar-refractivity contribution in [2.24, 2.45) is 0 Å². The van der Waals surface area contributed by atoms with E-state index in [0.29, 0.717) is 38.5 Å². The number of nitrogens with zero attached hydrogens (tertiary/aromatic N) is 1. The van der Waals surface area contributed by atoms with Gasteiger partial charge in [-0.2, -0.15) is 0 Å². The molecule has 0 aromatic heterocycles. The molecule has 0 N–H and O–H groups in total. The number of carbonyl (C=O) groups excluding carboxylic acids is 2. The maximum absolute atomic E-state index is 12.2. The van der Waals surface area contributed by atoms with E-state index in [1.807, 2.05) is 51.0 Å². The number of fused-ring (bicyclic) bond motifs is 1.